The van der Waals surface area contributed by atoms with Crippen molar-refractivity contribution in [2.24, 2.45) is 11.3 Å². The van der Waals surface area contributed by atoms with Crippen molar-refractivity contribution in [3.8, 4) is 0 Å². The highest BCUT2D eigenvalue weighted by atomic mass is 16.7. The van der Waals surface area contributed by atoms with Gasteiger partial charge >= 0.3 is 5.97 Å². The summed E-state index contributed by atoms with van der Waals surface area (Å²) < 4.78 is 11.8. The molecule has 4 heteroatoms. The van der Waals surface area contributed by atoms with Gasteiger partial charge in [-0.05, 0) is 85.0 Å². The molecule has 0 aromatic rings. The van der Waals surface area contributed by atoms with Crippen molar-refractivity contribution in [1.82, 2.24) is 0 Å². The lowest BCUT2D eigenvalue weighted by Crippen LogP contribution is -2.30. The van der Waals surface area contributed by atoms with E-state index in [9.17, 15) is 9.90 Å². The Bertz CT molecular complexity index is 567. The van der Waals surface area contributed by atoms with Crippen LogP contribution < -0.4 is 0 Å². The number of hydrogen-bond acceptors (Lipinski definition) is 3. The molecule has 0 spiro atoms. The van der Waals surface area contributed by atoms with Crippen LogP contribution in [0.4, 0.5) is 0 Å². The third-order valence-electron chi connectivity index (χ3n) is 6.07. The number of carboxylic acids is 1. The molecule has 0 bridgehead atoms. The molecule has 4 nitrogen and oxygen atoms in total. The lowest BCUT2D eigenvalue weighted by Gasteiger charge is -2.28. The second kappa shape index (κ2) is 13.0. The standard InChI is InChI=1S/C25H42O4/c1-19(2)22(29-23-15-11-12-18-28-23)17-16-20(3)13-9-7-8-10-14-21(4)25(5,6)24(26)27/h8,10,13,21-23H,1,7,9,11-12,14-18H2,2-6H3,(H,26,27)/b10-8+,20-13+. The maximum absolute atomic E-state index is 11.3. The molecule has 1 N–H and O–H groups in total. The number of aliphatic carboxylic acids is 1. The van der Waals surface area contributed by atoms with Gasteiger partial charge in [-0.1, -0.05) is 42.9 Å². The van der Waals surface area contributed by atoms with Gasteiger partial charge < -0.3 is 14.6 Å². The topological polar surface area (TPSA) is 55.8 Å². The summed E-state index contributed by atoms with van der Waals surface area (Å²) in [4.78, 5) is 11.3. The SMILES string of the molecule is C=C(C)C(CC/C(C)=C/CC/C=C/CC(C)C(C)(C)C(=O)O)OC1CCCCO1. The lowest BCUT2D eigenvalue weighted by molar-refractivity contribution is -0.181. The highest BCUT2D eigenvalue weighted by Gasteiger charge is 2.32. The van der Waals surface area contributed by atoms with Gasteiger partial charge in [0.1, 0.15) is 0 Å². The lowest BCUT2D eigenvalue weighted by atomic mass is 9.78. The molecule has 1 aliphatic rings. The van der Waals surface area contributed by atoms with E-state index in [0.717, 1.165) is 57.1 Å². The van der Waals surface area contributed by atoms with E-state index in [2.05, 4.69) is 31.7 Å². The first kappa shape index (κ1) is 25.6. The zero-order valence-electron chi connectivity index (χ0n) is 19.2. The van der Waals surface area contributed by atoms with Crippen LogP contribution in [-0.4, -0.2) is 30.1 Å². The van der Waals surface area contributed by atoms with Crippen molar-refractivity contribution >= 4 is 5.97 Å². The summed E-state index contributed by atoms with van der Waals surface area (Å²) in [5, 5.41) is 9.28. The first-order valence-corrected chi connectivity index (χ1v) is 11.1. The molecule has 3 unspecified atom stereocenters. The highest BCUT2D eigenvalue weighted by Crippen LogP contribution is 2.29. The number of allylic oxidation sites excluding steroid dienone is 4. The van der Waals surface area contributed by atoms with E-state index in [1.165, 1.54) is 12.0 Å². The summed E-state index contributed by atoms with van der Waals surface area (Å²) in [6.07, 6.45) is 14.6. The average molecular weight is 407 g/mol. The van der Waals surface area contributed by atoms with E-state index in [1.54, 1.807) is 13.8 Å². The van der Waals surface area contributed by atoms with Crippen LogP contribution in [0.15, 0.2) is 36.0 Å². The second-order valence-corrected chi connectivity index (χ2v) is 9.07. The van der Waals surface area contributed by atoms with Crippen LogP contribution in [0.3, 0.4) is 0 Å². The summed E-state index contributed by atoms with van der Waals surface area (Å²) in [6, 6.07) is 0. The van der Waals surface area contributed by atoms with Gasteiger partial charge in [-0.25, -0.2) is 0 Å². The molecule has 1 aliphatic heterocycles. The molecule has 3 atom stereocenters. The fourth-order valence-electron chi connectivity index (χ4n) is 3.24. The van der Waals surface area contributed by atoms with Gasteiger partial charge in [-0.15, -0.1) is 0 Å². The zero-order chi connectivity index (χ0) is 21.9. The molecule has 0 aromatic heterocycles. The summed E-state index contributed by atoms with van der Waals surface area (Å²) in [7, 11) is 0. The monoisotopic (exact) mass is 406 g/mol. The molecule has 0 amide bonds. The first-order chi connectivity index (χ1) is 13.6. The molecule has 1 fully saturated rings. The molecular formula is C25H42O4. The van der Waals surface area contributed by atoms with Crippen LogP contribution in [0.2, 0.25) is 0 Å². The Kier molecular flexibility index (Phi) is 11.5. The van der Waals surface area contributed by atoms with Crippen molar-refractivity contribution in [2.45, 2.75) is 98.4 Å². The minimum absolute atomic E-state index is 0.0559. The Morgan fingerprint density at radius 2 is 2.00 bits per heavy atom. The smallest absolute Gasteiger partial charge is 0.309 e. The van der Waals surface area contributed by atoms with Crippen LogP contribution in [-0.2, 0) is 14.3 Å². The van der Waals surface area contributed by atoms with Crippen molar-refractivity contribution < 1.29 is 19.4 Å². The van der Waals surface area contributed by atoms with Gasteiger partial charge in [-0.2, -0.15) is 0 Å². The number of carbonyl (C=O) groups is 1. The van der Waals surface area contributed by atoms with Gasteiger partial charge in [0, 0.05) is 6.61 Å². The highest BCUT2D eigenvalue weighted by molar-refractivity contribution is 5.73. The minimum Gasteiger partial charge on any atom is -0.481 e. The molecule has 166 valence electrons. The molecule has 0 saturated carbocycles. The fourth-order valence-corrected chi connectivity index (χ4v) is 3.24. The average Bonchev–Trinajstić information content (AvgIpc) is 2.67. The molecular weight excluding hydrogens is 364 g/mol. The van der Waals surface area contributed by atoms with Crippen LogP contribution in [0.1, 0.15) is 86.0 Å². The Hall–Kier alpha value is -1.39. The Morgan fingerprint density at radius 3 is 2.59 bits per heavy atom. The molecule has 1 heterocycles. The molecule has 0 aromatic carbocycles. The van der Waals surface area contributed by atoms with E-state index < -0.39 is 11.4 Å². The van der Waals surface area contributed by atoms with Crippen molar-refractivity contribution in [1.29, 1.82) is 0 Å². The first-order valence-electron chi connectivity index (χ1n) is 11.1. The number of unbranched alkanes of at least 4 members (excludes halogenated alkanes) is 1. The summed E-state index contributed by atoms with van der Waals surface area (Å²) in [5.41, 5.74) is 1.75. The molecule has 1 rings (SSSR count). The van der Waals surface area contributed by atoms with E-state index in [-0.39, 0.29) is 18.3 Å². The van der Waals surface area contributed by atoms with E-state index in [1.807, 2.05) is 13.8 Å². The maximum atomic E-state index is 11.3. The Labute approximate surface area is 178 Å². The molecule has 0 aliphatic carbocycles. The van der Waals surface area contributed by atoms with Crippen molar-refractivity contribution in [3.05, 3.63) is 36.0 Å². The zero-order valence-corrected chi connectivity index (χ0v) is 19.2. The van der Waals surface area contributed by atoms with E-state index in [4.69, 9.17) is 9.47 Å². The molecule has 0 radical (unpaired) electrons. The van der Waals surface area contributed by atoms with Gasteiger partial charge in [-0.3, -0.25) is 4.79 Å². The largest absolute Gasteiger partial charge is 0.481 e. The van der Waals surface area contributed by atoms with Crippen LogP contribution in [0, 0.1) is 11.3 Å². The van der Waals surface area contributed by atoms with Gasteiger partial charge in [0.25, 0.3) is 0 Å². The van der Waals surface area contributed by atoms with E-state index in [0.29, 0.717) is 0 Å². The number of carboxylic acid groups (broad SMARTS) is 1. The predicted molar refractivity (Wildman–Crippen MR) is 120 cm³/mol. The van der Waals surface area contributed by atoms with Crippen molar-refractivity contribution in [2.75, 3.05) is 6.61 Å². The maximum Gasteiger partial charge on any atom is 0.309 e. The molecule has 1 saturated heterocycles. The Morgan fingerprint density at radius 1 is 1.28 bits per heavy atom. The minimum atomic E-state index is -0.732. The van der Waals surface area contributed by atoms with Gasteiger partial charge in [0.05, 0.1) is 11.5 Å². The summed E-state index contributed by atoms with van der Waals surface area (Å²) >= 11 is 0. The van der Waals surface area contributed by atoms with E-state index >= 15 is 0 Å². The van der Waals surface area contributed by atoms with Crippen molar-refractivity contribution in [3.63, 3.8) is 0 Å². The predicted octanol–water partition coefficient (Wildman–Crippen LogP) is 6.67. The van der Waals surface area contributed by atoms with Crippen LogP contribution in [0.5, 0.6) is 0 Å². The summed E-state index contributed by atoms with van der Waals surface area (Å²) in [6.45, 7) is 14.7. The Balaban J connectivity index is 2.31. The normalized spacial score (nSPS) is 20.6. The summed E-state index contributed by atoms with van der Waals surface area (Å²) in [5.74, 6) is -0.621. The number of rotatable bonds is 13. The van der Waals surface area contributed by atoms with Gasteiger partial charge in [0.15, 0.2) is 6.29 Å². The number of hydrogen-bond donors (Lipinski definition) is 1. The third kappa shape index (κ3) is 9.77. The third-order valence-corrected chi connectivity index (χ3v) is 6.07. The second-order valence-electron chi connectivity index (χ2n) is 9.07. The van der Waals surface area contributed by atoms with Crippen LogP contribution in [0.25, 0.3) is 0 Å². The molecule has 29 heavy (non-hydrogen) atoms. The number of ether oxygens (including phenoxy) is 2. The fraction of sp³-hybridized carbons (Fsp3) is 0.720. The van der Waals surface area contributed by atoms with Crippen LogP contribution >= 0.6 is 0 Å². The quantitative estimate of drug-likeness (QED) is 0.274. The van der Waals surface area contributed by atoms with Gasteiger partial charge in [0.2, 0.25) is 0 Å².